The fraction of sp³-hybridized carbons (Fsp3) is 0.421. The SMILES string of the molecule is CC1(C)CN(C(=O)CNC(=O)c2c[nH]c3ccccc3c2=O)CCC1N.Cl. The topological polar surface area (TPSA) is 108 Å². The highest BCUT2D eigenvalue weighted by molar-refractivity contribution is 5.98. The molecule has 1 aliphatic heterocycles. The molecule has 0 saturated carbocycles. The maximum absolute atomic E-state index is 12.4. The lowest BCUT2D eigenvalue weighted by molar-refractivity contribution is -0.133. The van der Waals surface area contributed by atoms with Crippen molar-refractivity contribution in [3.63, 3.8) is 0 Å². The van der Waals surface area contributed by atoms with Gasteiger partial charge in [0, 0.05) is 36.2 Å². The zero-order valence-corrected chi connectivity index (χ0v) is 16.3. The lowest BCUT2D eigenvalue weighted by atomic mass is 9.79. The lowest BCUT2D eigenvalue weighted by Crippen LogP contribution is -2.55. The van der Waals surface area contributed by atoms with Crippen molar-refractivity contribution in [1.82, 2.24) is 15.2 Å². The smallest absolute Gasteiger partial charge is 0.257 e. The summed E-state index contributed by atoms with van der Waals surface area (Å²) in [7, 11) is 0. The third-order valence-electron chi connectivity index (χ3n) is 5.10. The number of H-pyrrole nitrogens is 1. The number of carbonyl (C=O) groups is 2. The summed E-state index contributed by atoms with van der Waals surface area (Å²) in [6, 6.07) is 7.03. The first-order chi connectivity index (χ1) is 12.3. The van der Waals surface area contributed by atoms with Crippen molar-refractivity contribution in [3.05, 3.63) is 46.2 Å². The molecule has 27 heavy (non-hydrogen) atoms. The molecule has 0 radical (unpaired) electrons. The van der Waals surface area contributed by atoms with Gasteiger partial charge in [-0.3, -0.25) is 14.4 Å². The average molecular weight is 393 g/mol. The predicted octanol–water partition coefficient (Wildman–Crippen LogP) is 1.27. The van der Waals surface area contributed by atoms with Crippen LogP contribution < -0.4 is 16.5 Å². The molecule has 0 spiro atoms. The molecule has 1 atom stereocenters. The largest absolute Gasteiger partial charge is 0.360 e. The number of nitrogens with zero attached hydrogens (tertiary/aromatic N) is 1. The van der Waals surface area contributed by atoms with Gasteiger partial charge in [0.25, 0.3) is 5.91 Å². The zero-order chi connectivity index (χ0) is 18.9. The number of aromatic nitrogens is 1. The number of amides is 2. The minimum absolute atomic E-state index is 0. The second-order valence-electron chi connectivity index (χ2n) is 7.46. The molecule has 0 aliphatic carbocycles. The van der Waals surface area contributed by atoms with Crippen molar-refractivity contribution in [2.24, 2.45) is 11.1 Å². The molecule has 2 aromatic rings. The Bertz CT molecular complexity index is 909. The monoisotopic (exact) mass is 392 g/mol. The van der Waals surface area contributed by atoms with Crippen molar-refractivity contribution in [2.75, 3.05) is 19.6 Å². The van der Waals surface area contributed by atoms with Crippen LogP contribution in [-0.4, -0.2) is 47.4 Å². The van der Waals surface area contributed by atoms with Crippen LogP contribution in [0.4, 0.5) is 0 Å². The van der Waals surface area contributed by atoms with Crippen LogP contribution in [0.25, 0.3) is 10.9 Å². The Morgan fingerprint density at radius 2 is 2.04 bits per heavy atom. The Morgan fingerprint density at radius 3 is 2.74 bits per heavy atom. The molecule has 146 valence electrons. The van der Waals surface area contributed by atoms with E-state index in [0.29, 0.717) is 24.0 Å². The normalized spacial score (nSPS) is 18.6. The van der Waals surface area contributed by atoms with E-state index in [2.05, 4.69) is 10.3 Å². The Morgan fingerprint density at radius 1 is 1.33 bits per heavy atom. The Kier molecular flexibility index (Phi) is 6.28. The molecule has 1 fully saturated rings. The third-order valence-corrected chi connectivity index (χ3v) is 5.10. The van der Waals surface area contributed by atoms with Crippen LogP contribution in [0.5, 0.6) is 0 Å². The van der Waals surface area contributed by atoms with Gasteiger partial charge in [0.2, 0.25) is 11.3 Å². The standard InChI is InChI=1S/C19H24N4O3.ClH/c1-19(2)11-23(8-7-15(19)20)16(24)10-22-18(26)13-9-21-14-6-4-3-5-12(14)17(13)25;/h3-6,9,15H,7-8,10-11,20H2,1-2H3,(H,21,25)(H,22,26);1H. The first-order valence-corrected chi connectivity index (χ1v) is 8.71. The molecule has 2 amide bonds. The van der Waals surface area contributed by atoms with Crippen molar-refractivity contribution in [3.8, 4) is 0 Å². The molecular formula is C19H25ClN4O3. The van der Waals surface area contributed by atoms with E-state index < -0.39 is 5.91 Å². The summed E-state index contributed by atoms with van der Waals surface area (Å²) in [5.41, 5.74) is 6.24. The van der Waals surface area contributed by atoms with E-state index in [1.165, 1.54) is 6.20 Å². The molecule has 4 N–H and O–H groups in total. The zero-order valence-electron chi connectivity index (χ0n) is 15.5. The van der Waals surface area contributed by atoms with Gasteiger partial charge in [0.1, 0.15) is 5.56 Å². The molecule has 1 saturated heterocycles. The van der Waals surface area contributed by atoms with Gasteiger partial charge in [-0.25, -0.2) is 0 Å². The maximum atomic E-state index is 12.4. The third kappa shape index (κ3) is 4.31. The van der Waals surface area contributed by atoms with Crippen LogP contribution in [0, 0.1) is 5.41 Å². The van der Waals surface area contributed by atoms with E-state index in [4.69, 9.17) is 5.73 Å². The Hall–Kier alpha value is -2.38. The van der Waals surface area contributed by atoms with Gasteiger partial charge in [-0.2, -0.15) is 0 Å². The highest BCUT2D eigenvalue weighted by Gasteiger charge is 2.35. The minimum Gasteiger partial charge on any atom is -0.360 e. The summed E-state index contributed by atoms with van der Waals surface area (Å²) in [6.45, 7) is 5.06. The molecule has 1 aliphatic rings. The number of benzene rings is 1. The van der Waals surface area contributed by atoms with Crippen LogP contribution in [0.3, 0.4) is 0 Å². The van der Waals surface area contributed by atoms with E-state index in [-0.39, 0.29) is 47.3 Å². The van der Waals surface area contributed by atoms with Gasteiger partial charge in [0.05, 0.1) is 6.54 Å². The summed E-state index contributed by atoms with van der Waals surface area (Å²) in [4.78, 5) is 41.9. The molecule has 1 aromatic carbocycles. The van der Waals surface area contributed by atoms with Crippen LogP contribution in [0.2, 0.25) is 0 Å². The number of halogens is 1. The van der Waals surface area contributed by atoms with Crippen molar-refractivity contribution in [2.45, 2.75) is 26.3 Å². The number of aromatic amines is 1. The van der Waals surface area contributed by atoms with Crippen LogP contribution in [0.15, 0.2) is 35.3 Å². The van der Waals surface area contributed by atoms with E-state index in [9.17, 15) is 14.4 Å². The highest BCUT2D eigenvalue weighted by atomic mass is 35.5. The minimum atomic E-state index is -0.557. The summed E-state index contributed by atoms with van der Waals surface area (Å²) in [5.74, 6) is -0.728. The van der Waals surface area contributed by atoms with Gasteiger partial charge in [0.15, 0.2) is 0 Å². The van der Waals surface area contributed by atoms with Crippen molar-refractivity contribution < 1.29 is 9.59 Å². The second kappa shape index (κ2) is 8.10. The Labute approximate surface area is 163 Å². The number of nitrogens with one attached hydrogen (secondary N) is 2. The van der Waals surface area contributed by atoms with Crippen molar-refractivity contribution >= 4 is 35.1 Å². The second-order valence-corrected chi connectivity index (χ2v) is 7.46. The molecule has 1 aromatic heterocycles. The predicted molar refractivity (Wildman–Crippen MR) is 107 cm³/mol. The molecule has 3 rings (SSSR count). The van der Waals surface area contributed by atoms with Crippen LogP contribution >= 0.6 is 12.4 Å². The summed E-state index contributed by atoms with van der Waals surface area (Å²) in [6.07, 6.45) is 2.12. The number of para-hydroxylation sites is 1. The summed E-state index contributed by atoms with van der Waals surface area (Å²) in [5, 5.41) is 3.00. The first-order valence-electron chi connectivity index (χ1n) is 8.71. The number of nitrogens with two attached hydrogens (primary N) is 1. The van der Waals surface area contributed by atoms with E-state index in [1.807, 2.05) is 19.9 Å². The molecular weight excluding hydrogens is 368 g/mol. The Balaban J connectivity index is 0.00000261. The summed E-state index contributed by atoms with van der Waals surface area (Å²) >= 11 is 0. The number of piperidine rings is 1. The fourth-order valence-electron chi connectivity index (χ4n) is 3.29. The number of carbonyl (C=O) groups excluding carboxylic acids is 2. The van der Waals surface area contributed by atoms with E-state index in [1.54, 1.807) is 23.1 Å². The fourth-order valence-corrected chi connectivity index (χ4v) is 3.29. The molecule has 1 unspecified atom stereocenters. The molecule has 2 heterocycles. The highest BCUT2D eigenvalue weighted by Crippen LogP contribution is 2.27. The number of pyridine rings is 1. The van der Waals surface area contributed by atoms with E-state index in [0.717, 1.165) is 6.42 Å². The molecule has 8 heteroatoms. The number of hydrogen-bond acceptors (Lipinski definition) is 4. The van der Waals surface area contributed by atoms with Gasteiger partial charge in [-0.15, -0.1) is 12.4 Å². The summed E-state index contributed by atoms with van der Waals surface area (Å²) < 4.78 is 0. The van der Waals surface area contributed by atoms with Crippen molar-refractivity contribution in [1.29, 1.82) is 0 Å². The van der Waals surface area contributed by atoms with Gasteiger partial charge in [-0.05, 0) is 24.0 Å². The molecule has 7 nitrogen and oxygen atoms in total. The average Bonchev–Trinajstić information content (AvgIpc) is 2.62. The van der Waals surface area contributed by atoms with Gasteiger partial charge >= 0.3 is 0 Å². The number of fused-ring (bicyclic) bond motifs is 1. The van der Waals surface area contributed by atoms with Crippen LogP contribution in [-0.2, 0) is 4.79 Å². The van der Waals surface area contributed by atoms with Crippen LogP contribution in [0.1, 0.15) is 30.6 Å². The molecule has 0 bridgehead atoms. The number of hydrogen-bond donors (Lipinski definition) is 3. The van der Waals surface area contributed by atoms with E-state index >= 15 is 0 Å². The maximum Gasteiger partial charge on any atom is 0.257 e. The number of rotatable bonds is 3. The lowest BCUT2D eigenvalue weighted by Gasteiger charge is -2.42. The van der Waals surface area contributed by atoms with Gasteiger partial charge < -0.3 is 20.9 Å². The van der Waals surface area contributed by atoms with Gasteiger partial charge in [-0.1, -0.05) is 26.0 Å². The quantitative estimate of drug-likeness (QED) is 0.730. The number of likely N-dealkylation sites (tertiary alicyclic amines) is 1. The first kappa shape index (κ1) is 20.9.